The van der Waals surface area contributed by atoms with Crippen LogP contribution in [0.1, 0.15) is 30.3 Å². The van der Waals surface area contributed by atoms with E-state index in [1.807, 2.05) is 24.3 Å². The predicted octanol–water partition coefficient (Wildman–Crippen LogP) is 3.66. The molecule has 1 saturated carbocycles. The fourth-order valence-electron chi connectivity index (χ4n) is 1.92. The van der Waals surface area contributed by atoms with Crippen molar-refractivity contribution in [1.82, 2.24) is 9.97 Å². The Morgan fingerprint density at radius 1 is 1.22 bits per heavy atom. The molecule has 1 aromatic carbocycles. The zero-order valence-corrected chi connectivity index (χ0v) is 10.5. The molecule has 0 saturated heterocycles. The van der Waals surface area contributed by atoms with Crippen LogP contribution in [0.3, 0.4) is 0 Å². The second kappa shape index (κ2) is 4.44. The molecular weight excluding hydrogens is 244 g/mol. The van der Waals surface area contributed by atoms with E-state index in [0.29, 0.717) is 16.6 Å². The lowest BCUT2D eigenvalue weighted by Gasteiger charge is -2.07. The van der Waals surface area contributed by atoms with Gasteiger partial charge in [-0.15, -0.1) is 6.42 Å². The van der Waals surface area contributed by atoms with Gasteiger partial charge in [-0.05, 0) is 24.8 Å². The molecule has 0 radical (unpaired) electrons. The third kappa shape index (κ3) is 1.98. The molecule has 2 nitrogen and oxygen atoms in total. The van der Waals surface area contributed by atoms with Crippen LogP contribution in [-0.2, 0) is 0 Å². The lowest BCUT2D eigenvalue weighted by molar-refractivity contribution is 0.922. The average Bonchev–Trinajstić information content (AvgIpc) is 3.23. The third-order valence-corrected chi connectivity index (χ3v) is 3.38. The summed E-state index contributed by atoms with van der Waals surface area (Å²) in [6.07, 6.45) is 9.66. The molecule has 1 aliphatic carbocycles. The van der Waals surface area contributed by atoms with Crippen LogP contribution in [0, 0.1) is 12.3 Å². The number of benzene rings is 1. The highest BCUT2D eigenvalue weighted by atomic mass is 35.5. The first-order chi connectivity index (χ1) is 8.79. The van der Waals surface area contributed by atoms with Gasteiger partial charge in [0.1, 0.15) is 11.5 Å². The quantitative estimate of drug-likeness (QED) is 0.765. The monoisotopic (exact) mass is 254 g/mol. The van der Waals surface area contributed by atoms with E-state index in [9.17, 15) is 0 Å². The van der Waals surface area contributed by atoms with Crippen LogP contribution in [-0.4, -0.2) is 9.97 Å². The van der Waals surface area contributed by atoms with Gasteiger partial charge in [-0.25, -0.2) is 9.97 Å². The minimum Gasteiger partial charge on any atom is -0.240 e. The van der Waals surface area contributed by atoms with Gasteiger partial charge in [0.15, 0.2) is 0 Å². The second-order valence-corrected chi connectivity index (χ2v) is 4.80. The fourth-order valence-corrected chi connectivity index (χ4v) is 2.16. The van der Waals surface area contributed by atoms with Crippen molar-refractivity contribution < 1.29 is 0 Å². The number of nitrogens with zero attached hydrogens (tertiary/aromatic N) is 2. The third-order valence-electron chi connectivity index (χ3n) is 3.05. The van der Waals surface area contributed by atoms with Gasteiger partial charge in [-0.3, -0.25) is 0 Å². The molecule has 3 rings (SSSR count). The van der Waals surface area contributed by atoms with Gasteiger partial charge in [0, 0.05) is 28.3 Å². The van der Waals surface area contributed by atoms with Crippen molar-refractivity contribution in [1.29, 1.82) is 0 Å². The SMILES string of the molecule is C#Cc1nc(C2CC2)ncc1-c1ccccc1Cl. The first-order valence-corrected chi connectivity index (χ1v) is 6.26. The van der Waals surface area contributed by atoms with E-state index in [4.69, 9.17) is 18.0 Å². The number of aromatic nitrogens is 2. The average molecular weight is 255 g/mol. The van der Waals surface area contributed by atoms with Crippen LogP contribution >= 0.6 is 11.6 Å². The van der Waals surface area contributed by atoms with E-state index < -0.39 is 0 Å². The highest BCUT2D eigenvalue weighted by Gasteiger charge is 2.27. The summed E-state index contributed by atoms with van der Waals surface area (Å²) in [5.41, 5.74) is 2.34. The van der Waals surface area contributed by atoms with Crippen molar-refractivity contribution in [2.45, 2.75) is 18.8 Å². The molecule has 0 atom stereocenters. The molecule has 1 heterocycles. The van der Waals surface area contributed by atoms with E-state index in [0.717, 1.165) is 29.8 Å². The first kappa shape index (κ1) is 11.3. The van der Waals surface area contributed by atoms with E-state index in [-0.39, 0.29) is 0 Å². The Hall–Kier alpha value is -1.85. The lowest BCUT2D eigenvalue weighted by Crippen LogP contribution is -1.98. The lowest BCUT2D eigenvalue weighted by atomic mass is 10.1. The number of rotatable bonds is 2. The van der Waals surface area contributed by atoms with Crippen LogP contribution in [0.5, 0.6) is 0 Å². The topological polar surface area (TPSA) is 25.8 Å². The molecule has 1 aromatic heterocycles. The van der Waals surface area contributed by atoms with Crippen molar-refractivity contribution >= 4 is 11.6 Å². The smallest absolute Gasteiger partial charge is 0.132 e. The van der Waals surface area contributed by atoms with Crippen LogP contribution in [0.2, 0.25) is 5.02 Å². The summed E-state index contributed by atoms with van der Waals surface area (Å²) in [6, 6.07) is 7.59. The number of halogens is 1. The molecule has 0 aliphatic heterocycles. The zero-order valence-electron chi connectivity index (χ0n) is 9.73. The van der Waals surface area contributed by atoms with Gasteiger partial charge in [-0.2, -0.15) is 0 Å². The van der Waals surface area contributed by atoms with Crippen LogP contribution < -0.4 is 0 Å². The summed E-state index contributed by atoms with van der Waals surface area (Å²) in [4.78, 5) is 8.87. The maximum Gasteiger partial charge on any atom is 0.132 e. The zero-order chi connectivity index (χ0) is 12.5. The molecule has 0 bridgehead atoms. The summed E-state index contributed by atoms with van der Waals surface area (Å²) >= 11 is 6.18. The molecule has 3 heteroatoms. The highest BCUT2D eigenvalue weighted by Crippen LogP contribution is 2.39. The Morgan fingerprint density at radius 2 is 2.00 bits per heavy atom. The van der Waals surface area contributed by atoms with E-state index >= 15 is 0 Å². The van der Waals surface area contributed by atoms with Crippen LogP contribution in [0.15, 0.2) is 30.5 Å². The molecule has 0 amide bonds. The molecule has 1 fully saturated rings. The summed E-state index contributed by atoms with van der Waals surface area (Å²) < 4.78 is 0. The summed E-state index contributed by atoms with van der Waals surface area (Å²) in [7, 11) is 0. The summed E-state index contributed by atoms with van der Waals surface area (Å²) in [6.45, 7) is 0. The highest BCUT2D eigenvalue weighted by molar-refractivity contribution is 6.33. The van der Waals surface area contributed by atoms with Gasteiger partial charge in [0.25, 0.3) is 0 Å². The van der Waals surface area contributed by atoms with E-state index in [1.54, 1.807) is 6.20 Å². The van der Waals surface area contributed by atoms with Crippen molar-refractivity contribution in [3.63, 3.8) is 0 Å². The van der Waals surface area contributed by atoms with Gasteiger partial charge in [0.2, 0.25) is 0 Å². The Bertz CT molecular complexity index is 639. The minimum atomic E-state index is 0.498. The molecule has 18 heavy (non-hydrogen) atoms. The first-order valence-electron chi connectivity index (χ1n) is 5.88. The van der Waals surface area contributed by atoms with Crippen LogP contribution in [0.4, 0.5) is 0 Å². The van der Waals surface area contributed by atoms with E-state index in [2.05, 4.69) is 15.9 Å². The van der Waals surface area contributed by atoms with Crippen LogP contribution in [0.25, 0.3) is 11.1 Å². The van der Waals surface area contributed by atoms with Crippen molar-refractivity contribution in [3.05, 3.63) is 47.0 Å². The van der Waals surface area contributed by atoms with Crippen molar-refractivity contribution in [3.8, 4) is 23.5 Å². The second-order valence-electron chi connectivity index (χ2n) is 4.39. The number of hydrogen-bond acceptors (Lipinski definition) is 2. The Kier molecular flexibility index (Phi) is 2.77. The minimum absolute atomic E-state index is 0.498. The molecular formula is C15H11ClN2. The normalized spacial score (nSPS) is 14.2. The summed E-state index contributed by atoms with van der Waals surface area (Å²) in [5.74, 6) is 3.99. The van der Waals surface area contributed by atoms with Crippen molar-refractivity contribution in [2.24, 2.45) is 0 Å². The Balaban J connectivity index is 2.12. The molecule has 88 valence electrons. The Morgan fingerprint density at radius 3 is 2.67 bits per heavy atom. The van der Waals surface area contributed by atoms with Gasteiger partial charge in [-0.1, -0.05) is 29.8 Å². The molecule has 2 aromatic rings. The maximum atomic E-state index is 6.18. The standard InChI is InChI=1S/C15H11ClN2/c1-2-14-12(11-5-3-4-6-13(11)16)9-17-15(18-14)10-7-8-10/h1,3-6,9-10H,7-8H2. The maximum absolute atomic E-state index is 6.18. The molecule has 0 N–H and O–H groups in total. The molecule has 1 aliphatic rings. The van der Waals surface area contributed by atoms with Crippen molar-refractivity contribution in [2.75, 3.05) is 0 Å². The van der Waals surface area contributed by atoms with E-state index in [1.165, 1.54) is 0 Å². The number of hydrogen-bond donors (Lipinski definition) is 0. The van der Waals surface area contributed by atoms with Gasteiger partial charge < -0.3 is 0 Å². The Labute approximate surface area is 111 Å². The van der Waals surface area contributed by atoms with Gasteiger partial charge >= 0.3 is 0 Å². The van der Waals surface area contributed by atoms with Gasteiger partial charge in [0.05, 0.1) is 0 Å². The largest absolute Gasteiger partial charge is 0.240 e. The predicted molar refractivity (Wildman–Crippen MR) is 72.4 cm³/mol. The number of terminal acetylenes is 1. The summed E-state index contributed by atoms with van der Waals surface area (Å²) in [5, 5.41) is 0.664. The molecule has 0 spiro atoms. The fraction of sp³-hybridized carbons (Fsp3) is 0.200. The molecule has 0 unspecified atom stereocenters.